The van der Waals surface area contributed by atoms with Gasteiger partial charge in [0.1, 0.15) is 11.2 Å². The van der Waals surface area contributed by atoms with Crippen molar-refractivity contribution in [1.82, 2.24) is 9.97 Å². The molecule has 0 amide bonds. The van der Waals surface area contributed by atoms with Gasteiger partial charge in [-0.2, -0.15) is 0 Å². The van der Waals surface area contributed by atoms with Crippen molar-refractivity contribution in [3.05, 3.63) is 17.7 Å². The summed E-state index contributed by atoms with van der Waals surface area (Å²) in [7, 11) is 0. The minimum Gasteiger partial charge on any atom is -0.357 e. The van der Waals surface area contributed by atoms with Gasteiger partial charge >= 0.3 is 0 Å². The van der Waals surface area contributed by atoms with E-state index in [9.17, 15) is 0 Å². The largest absolute Gasteiger partial charge is 0.357 e. The molecule has 0 spiro atoms. The Morgan fingerprint density at radius 2 is 1.92 bits per heavy atom. The van der Waals surface area contributed by atoms with Crippen LogP contribution >= 0.6 is 0 Å². The number of nitrogens with zero attached hydrogens (tertiary/aromatic N) is 1. The summed E-state index contributed by atoms with van der Waals surface area (Å²) in [5, 5.41) is 0. The van der Waals surface area contributed by atoms with Crippen LogP contribution in [0.1, 0.15) is 39.1 Å². The third-order valence-electron chi connectivity index (χ3n) is 2.32. The van der Waals surface area contributed by atoms with Crippen molar-refractivity contribution in [2.75, 3.05) is 0 Å². The number of nitrogens with one attached hydrogen (secondary N) is 1. The van der Waals surface area contributed by atoms with E-state index < -0.39 is 0 Å². The third kappa shape index (κ3) is 0.829. The molecule has 1 aliphatic rings. The second-order valence-electron chi connectivity index (χ2n) is 4.25. The predicted octanol–water partition coefficient (Wildman–Crippen LogP) is 1.91. The molecule has 0 saturated carbocycles. The van der Waals surface area contributed by atoms with Crippen LogP contribution in [0, 0.1) is 0 Å². The van der Waals surface area contributed by atoms with Gasteiger partial charge in [-0.1, -0.05) is 0 Å². The van der Waals surface area contributed by atoms with Crippen LogP contribution in [0.2, 0.25) is 0 Å². The summed E-state index contributed by atoms with van der Waals surface area (Å²) < 4.78 is 5.85. The minimum absolute atomic E-state index is 0.227. The first-order valence-electron chi connectivity index (χ1n) is 4.18. The van der Waals surface area contributed by atoms with Gasteiger partial charge in [-0.25, -0.2) is 4.98 Å². The number of imidazole rings is 1. The summed E-state index contributed by atoms with van der Waals surface area (Å²) in [5.41, 5.74) is 1.66. The van der Waals surface area contributed by atoms with Crippen molar-refractivity contribution in [2.24, 2.45) is 0 Å². The van der Waals surface area contributed by atoms with Crippen molar-refractivity contribution in [1.29, 1.82) is 0 Å². The van der Waals surface area contributed by atoms with E-state index in [1.807, 2.05) is 13.8 Å². The fourth-order valence-corrected chi connectivity index (χ4v) is 1.95. The molecule has 0 fully saturated rings. The van der Waals surface area contributed by atoms with Gasteiger partial charge in [0, 0.05) is 0 Å². The Kier molecular flexibility index (Phi) is 1.24. The first kappa shape index (κ1) is 7.80. The van der Waals surface area contributed by atoms with E-state index in [0.717, 1.165) is 11.4 Å². The van der Waals surface area contributed by atoms with Crippen molar-refractivity contribution in [2.45, 2.75) is 38.9 Å². The predicted molar refractivity (Wildman–Crippen MR) is 45.7 cm³/mol. The molecule has 66 valence electrons. The van der Waals surface area contributed by atoms with Crippen LogP contribution in [0.25, 0.3) is 0 Å². The van der Waals surface area contributed by atoms with E-state index in [0.29, 0.717) is 0 Å². The van der Waals surface area contributed by atoms with Crippen molar-refractivity contribution in [3.8, 4) is 0 Å². The van der Waals surface area contributed by atoms with Crippen molar-refractivity contribution < 1.29 is 4.74 Å². The SMILES string of the molecule is CC1(C)OC(C)(C)c2[nH]cnc21. The average Bonchev–Trinajstić information content (AvgIpc) is 2.34. The highest BCUT2D eigenvalue weighted by atomic mass is 16.5. The maximum atomic E-state index is 5.85. The number of hydrogen-bond acceptors (Lipinski definition) is 2. The number of rotatable bonds is 0. The number of H-pyrrole nitrogens is 1. The van der Waals surface area contributed by atoms with Gasteiger partial charge in [-0.3, -0.25) is 0 Å². The summed E-state index contributed by atoms with van der Waals surface area (Å²) in [4.78, 5) is 7.39. The number of fused-ring (bicyclic) bond motifs is 1. The molecule has 0 atom stereocenters. The highest BCUT2D eigenvalue weighted by molar-refractivity contribution is 5.28. The Labute approximate surface area is 72.2 Å². The van der Waals surface area contributed by atoms with Gasteiger partial charge in [0.2, 0.25) is 0 Å². The summed E-state index contributed by atoms with van der Waals surface area (Å²) in [5.74, 6) is 0. The summed E-state index contributed by atoms with van der Waals surface area (Å²) in [6.45, 7) is 8.19. The summed E-state index contributed by atoms with van der Waals surface area (Å²) >= 11 is 0. The molecule has 0 bridgehead atoms. The lowest BCUT2D eigenvalue weighted by atomic mass is 10.0. The van der Waals surface area contributed by atoms with Gasteiger partial charge in [-0.15, -0.1) is 0 Å². The van der Waals surface area contributed by atoms with Crippen LogP contribution in [0.4, 0.5) is 0 Å². The first-order chi connectivity index (χ1) is 5.43. The zero-order chi connectivity index (χ0) is 8.98. The Morgan fingerprint density at radius 3 is 2.50 bits per heavy atom. The number of aromatic amines is 1. The zero-order valence-electron chi connectivity index (χ0n) is 7.93. The molecule has 0 aliphatic carbocycles. The lowest BCUT2D eigenvalue weighted by Gasteiger charge is -2.24. The topological polar surface area (TPSA) is 37.9 Å². The van der Waals surface area contributed by atoms with E-state index >= 15 is 0 Å². The zero-order valence-corrected chi connectivity index (χ0v) is 7.93. The molecule has 3 heteroatoms. The number of hydrogen-bond donors (Lipinski definition) is 1. The molecular weight excluding hydrogens is 152 g/mol. The Hall–Kier alpha value is -0.830. The fraction of sp³-hybridized carbons (Fsp3) is 0.667. The Balaban J connectivity index is 2.60. The lowest BCUT2D eigenvalue weighted by Crippen LogP contribution is -2.23. The highest BCUT2D eigenvalue weighted by Gasteiger charge is 2.45. The number of aromatic nitrogens is 2. The second-order valence-corrected chi connectivity index (χ2v) is 4.25. The van der Waals surface area contributed by atoms with E-state index in [1.54, 1.807) is 6.33 Å². The number of ether oxygens (including phenoxy) is 1. The normalized spacial score (nSPS) is 24.0. The Bertz CT molecular complexity index is 284. The first-order valence-corrected chi connectivity index (χ1v) is 4.18. The maximum Gasteiger partial charge on any atom is 0.108 e. The Morgan fingerprint density at radius 1 is 1.25 bits per heavy atom. The smallest absolute Gasteiger partial charge is 0.108 e. The molecule has 2 heterocycles. The van der Waals surface area contributed by atoms with Gasteiger partial charge in [0.15, 0.2) is 0 Å². The van der Waals surface area contributed by atoms with Crippen LogP contribution in [-0.2, 0) is 15.9 Å². The van der Waals surface area contributed by atoms with Crippen LogP contribution in [0.5, 0.6) is 0 Å². The third-order valence-corrected chi connectivity index (χ3v) is 2.32. The van der Waals surface area contributed by atoms with Crippen LogP contribution in [0.3, 0.4) is 0 Å². The molecule has 12 heavy (non-hydrogen) atoms. The van der Waals surface area contributed by atoms with Crippen molar-refractivity contribution in [3.63, 3.8) is 0 Å². The van der Waals surface area contributed by atoms with Crippen LogP contribution < -0.4 is 0 Å². The van der Waals surface area contributed by atoms with Crippen LogP contribution in [-0.4, -0.2) is 9.97 Å². The summed E-state index contributed by atoms with van der Waals surface area (Å²) in [6, 6.07) is 0. The van der Waals surface area contributed by atoms with E-state index in [2.05, 4.69) is 23.8 Å². The van der Waals surface area contributed by atoms with Crippen LogP contribution in [0.15, 0.2) is 6.33 Å². The van der Waals surface area contributed by atoms with Gasteiger partial charge in [0.05, 0.1) is 17.7 Å². The molecule has 1 aliphatic heterocycles. The molecule has 0 radical (unpaired) electrons. The van der Waals surface area contributed by atoms with E-state index in [1.165, 1.54) is 0 Å². The molecule has 0 aromatic carbocycles. The second kappa shape index (κ2) is 1.91. The van der Waals surface area contributed by atoms with Gasteiger partial charge < -0.3 is 9.72 Å². The van der Waals surface area contributed by atoms with E-state index in [4.69, 9.17) is 4.74 Å². The molecule has 0 saturated heterocycles. The minimum atomic E-state index is -0.251. The molecule has 1 N–H and O–H groups in total. The fourth-order valence-electron chi connectivity index (χ4n) is 1.95. The van der Waals surface area contributed by atoms with E-state index in [-0.39, 0.29) is 11.2 Å². The highest BCUT2D eigenvalue weighted by Crippen LogP contribution is 2.44. The quantitative estimate of drug-likeness (QED) is 0.639. The molecule has 1 aromatic rings. The monoisotopic (exact) mass is 166 g/mol. The molecule has 0 unspecified atom stereocenters. The van der Waals surface area contributed by atoms with Gasteiger partial charge in [0.25, 0.3) is 0 Å². The molecule has 3 nitrogen and oxygen atoms in total. The standard InChI is InChI=1S/C9H14N2O/c1-8(2)6-7(11-5-10-6)9(3,4)12-8/h5H,1-4H3,(H,10,11). The molecular formula is C9H14N2O. The molecule has 1 aromatic heterocycles. The van der Waals surface area contributed by atoms with Crippen molar-refractivity contribution >= 4 is 0 Å². The van der Waals surface area contributed by atoms with Gasteiger partial charge in [-0.05, 0) is 27.7 Å². The maximum absolute atomic E-state index is 5.85. The summed E-state index contributed by atoms with van der Waals surface area (Å²) in [6.07, 6.45) is 1.73. The average molecular weight is 166 g/mol. The lowest BCUT2D eigenvalue weighted by molar-refractivity contribution is -0.108. The molecule has 2 rings (SSSR count).